The molecule has 0 atom stereocenters. The van der Waals surface area contributed by atoms with Gasteiger partial charge in [-0.1, -0.05) is 35.9 Å². The van der Waals surface area contributed by atoms with Crippen molar-refractivity contribution in [1.82, 2.24) is 0 Å². The molecule has 0 bridgehead atoms. The van der Waals surface area contributed by atoms with E-state index in [0.717, 1.165) is 11.3 Å². The number of halogens is 2. The fraction of sp³-hybridized carbons (Fsp3) is 0.133. The average Bonchev–Trinajstić information content (AvgIpc) is 2.44. The van der Waals surface area contributed by atoms with E-state index in [1.807, 2.05) is 24.3 Å². The predicted molar refractivity (Wildman–Crippen MR) is 84.3 cm³/mol. The van der Waals surface area contributed by atoms with Gasteiger partial charge in [-0.2, -0.15) is 0 Å². The van der Waals surface area contributed by atoms with Crippen molar-refractivity contribution in [2.45, 2.75) is 6.61 Å². The van der Waals surface area contributed by atoms with Gasteiger partial charge < -0.3 is 10.1 Å². The summed E-state index contributed by atoms with van der Waals surface area (Å²) in [5, 5.41) is 3.25. The molecule has 0 radical (unpaired) electrons. The Morgan fingerprint density at radius 3 is 2.75 bits per heavy atom. The lowest BCUT2D eigenvalue weighted by atomic mass is 10.1. The first-order chi connectivity index (χ1) is 9.63. The second kappa shape index (κ2) is 6.88. The van der Waals surface area contributed by atoms with Gasteiger partial charge in [-0.25, -0.2) is 0 Å². The fourth-order valence-electron chi connectivity index (χ4n) is 1.79. The number of methoxy groups -OCH3 is 1. The second-order valence-corrected chi connectivity index (χ2v) is 5.38. The highest BCUT2D eigenvalue weighted by Crippen LogP contribution is 2.27. The van der Waals surface area contributed by atoms with Crippen LogP contribution in [-0.2, 0) is 11.3 Å². The van der Waals surface area contributed by atoms with Crippen molar-refractivity contribution < 1.29 is 9.53 Å². The van der Waals surface area contributed by atoms with Gasteiger partial charge in [-0.3, -0.25) is 4.79 Å². The van der Waals surface area contributed by atoms with Crippen LogP contribution in [0, 0.1) is 0 Å². The van der Waals surface area contributed by atoms with Crippen molar-refractivity contribution in [3.8, 4) is 0 Å². The normalized spacial score (nSPS) is 10.3. The van der Waals surface area contributed by atoms with Crippen molar-refractivity contribution in [3.05, 3.63) is 63.1 Å². The Labute approximate surface area is 131 Å². The van der Waals surface area contributed by atoms with E-state index in [1.165, 1.54) is 0 Å². The first-order valence-electron chi connectivity index (χ1n) is 5.95. The largest absolute Gasteiger partial charge is 0.380 e. The molecule has 3 nitrogen and oxygen atoms in total. The molecule has 2 rings (SSSR count). The standard InChI is InChI=1S/C15H13BrClNO2/c1-20-9-10-5-2-3-8-13(10)18-15(19)11-6-4-7-12(16)14(11)17/h2-8H,9H2,1H3,(H,18,19). The Balaban J connectivity index is 2.26. The number of rotatable bonds is 4. The lowest BCUT2D eigenvalue weighted by Gasteiger charge is -2.11. The van der Waals surface area contributed by atoms with Crippen molar-refractivity contribution in [1.29, 1.82) is 0 Å². The summed E-state index contributed by atoms with van der Waals surface area (Å²) in [6, 6.07) is 12.7. The number of ether oxygens (including phenoxy) is 1. The maximum Gasteiger partial charge on any atom is 0.257 e. The van der Waals surface area contributed by atoms with E-state index in [2.05, 4.69) is 21.2 Å². The molecule has 0 unspecified atom stereocenters. The number of carbonyl (C=O) groups excluding carboxylic acids is 1. The fourth-order valence-corrected chi connectivity index (χ4v) is 2.37. The summed E-state index contributed by atoms with van der Waals surface area (Å²) in [6.07, 6.45) is 0. The molecule has 104 valence electrons. The highest BCUT2D eigenvalue weighted by Gasteiger charge is 2.13. The number of carbonyl (C=O) groups is 1. The average molecular weight is 355 g/mol. The van der Waals surface area contributed by atoms with Crippen LogP contribution in [0.4, 0.5) is 5.69 Å². The highest BCUT2D eigenvalue weighted by molar-refractivity contribution is 9.10. The van der Waals surface area contributed by atoms with Gasteiger partial charge in [0, 0.05) is 22.8 Å². The van der Waals surface area contributed by atoms with Gasteiger partial charge in [0.2, 0.25) is 0 Å². The Morgan fingerprint density at radius 1 is 1.25 bits per heavy atom. The van der Waals surface area contributed by atoms with Gasteiger partial charge >= 0.3 is 0 Å². The molecule has 2 aromatic carbocycles. The molecule has 0 spiro atoms. The third kappa shape index (κ3) is 3.39. The van der Waals surface area contributed by atoms with Crippen molar-refractivity contribution >= 4 is 39.1 Å². The number of hydrogen-bond donors (Lipinski definition) is 1. The molecule has 5 heteroatoms. The lowest BCUT2D eigenvalue weighted by molar-refractivity contribution is 0.102. The van der Waals surface area contributed by atoms with Crippen molar-refractivity contribution in [2.75, 3.05) is 12.4 Å². The Kier molecular flexibility index (Phi) is 5.17. The molecule has 0 saturated carbocycles. The highest BCUT2D eigenvalue weighted by atomic mass is 79.9. The molecule has 1 N–H and O–H groups in total. The minimum Gasteiger partial charge on any atom is -0.380 e. The first-order valence-corrected chi connectivity index (χ1v) is 7.12. The molecule has 0 fully saturated rings. The summed E-state index contributed by atoms with van der Waals surface area (Å²) in [6.45, 7) is 0.433. The summed E-state index contributed by atoms with van der Waals surface area (Å²) >= 11 is 9.43. The SMILES string of the molecule is COCc1ccccc1NC(=O)c1cccc(Br)c1Cl. The van der Waals surface area contributed by atoms with Crippen LogP contribution in [0.1, 0.15) is 15.9 Å². The summed E-state index contributed by atoms with van der Waals surface area (Å²) in [5.74, 6) is -0.250. The van der Waals surface area contributed by atoms with Crippen LogP contribution < -0.4 is 5.32 Å². The number of anilines is 1. The summed E-state index contributed by atoms with van der Waals surface area (Å²) in [5.41, 5.74) is 2.05. The van der Waals surface area contributed by atoms with E-state index in [0.29, 0.717) is 21.7 Å². The molecule has 0 aliphatic carbocycles. The third-order valence-electron chi connectivity index (χ3n) is 2.76. The minimum atomic E-state index is -0.250. The Hall–Kier alpha value is -1.36. The lowest BCUT2D eigenvalue weighted by Crippen LogP contribution is -2.14. The molecule has 1 amide bonds. The van der Waals surface area contributed by atoms with E-state index >= 15 is 0 Å². The number of benzene rings is 2. The van der Waals surface area contributed by atoms with Gasteiger partial charge in [0.1, 0.15) is 0 Å². The van der Waals surface area contributed by atoms with E-state index in [-0.39, 0.29) is 5.91 Å². The molecule has 20 heavy (non-hydrogen) atoms. The smallest absolute Gasteiger partial charge is 0.257 e. The molecule has 0 aromatic heterocycles. The molecular formula is C15H13BrClNO2. The molecule has 2 aromatic rings. The molecule has 0 saturated heterocycles. The monoisotopic (exact) mass is 353 g/mol. The van der Waals surface area contributed by atoms with Crippen LogP contribution in [0.2, 0.25) is 5.02 Å². The minimum absolute atomic E-state index is 0.250. The Morgan fingerprint density at radius 2 is 2.00 bits per heavy atom. The topological polar surface area (TPSA) is 38.3 Å². The van der Waals surface area contributed by atoms with Crippen molar-refractivity contribution in [3.63, 3.8) is 0 Å². The van der Waals surface area contributed by atoms with Crippen LogP contribution in [0.25, 0.3) is 0 Å². The zero-order chi connectivity index (χ0) is 14.5. The first kappa shape index (κ1) is 15.0. The quantitative estimate of drug-likeness (QED) is 0.878. The van der Waals surface area contributed by atoms with Crippen LogP contribution >= 0.6 is 27.5 Å². The molecular weight excluding hydrogens is 342 g/mol. The van der Waals surface area contributed by atoms with Gasteiger partial charge in [0.25, 0.3) is 5.91 Å². The maximum atomic E-state index is 12.3. The van der Waals surface area contributed by atoms with Gasteiger partial charge in [0.05, 0.1) is 17.2 Å². The molecule has 0 aliphatic rings. The second-order valence-electron chi connectivity index (χ2n) is 4.15. The number of nitrogens with one attached hydrogen (secondary N) is 1. The van der Waals surface area contributed by atoms with E-state index in [1.54, 1.807) is 25.3 Å². The van der Waals surface area contributed by atoms with E-state index in [4.69, 9.17) is 16.3 Å². The van der Waals surface area contributed by atoms with Crippen LogP contribution in [0.15, 0.2) is 46.9 Å². The van der Waals surface area contributed by atoms with Crippen LogP contribution in [0.3, 0.4) is 0 Å². The summed E-state index contributed by atoms with van der Waals surface area (Å²) in [7, 11) is 1.61. The zero-order valence-corrected chi connectivity index (χ0v) is 13.2. The van der Waals surface area contributed by atoms with Gasteiger partial charge in [-0.15, -0.1) is 0 Å². The van der Waals surface area contributed by atoms with E-state index in [9.17, 15) is 4.79 Å². The number of para-hydroxylation sites is 1. The predicted octanol–water partition coefficient (Wildman–Crippen LogP) is 4.50. The van der Waals surface area contributed by atoms with E-state index < -0.39 is 0 Å². The molecule has 0 aliphatic heterocycles. The number of hydrogen-bond acceptors (Lipinski definition) is 2. The van der Waals surface area contributed by atoms with Gasteiger partial charge in [-0.05, 0) is 34.1 Å². The van der Waals surface area contributed by atoms with Crippen LogP contribution in [0.5, 0.6) is 0 Å². The zero-order valence-electron chi connectivity index (χ0n) is 10.8. The third-order valence-corrected chi connectivity index (χ3v) is 4.06. The van der Waals surface area contributed by atoms with Crippen LogP contribution in [-0.4, -0.2) is 13.0 Å². The number of amides is 1. The van der Waals surface area contributed by atoms with Gasteiger partial charge in [0.15, 0.2) is 0 Å². The summed E-state index contributed by atoms with van der Waals surface area (Å²) in [4.78, 5) is 12.3. The van der Waals surface area contributed by atoms with Crippen molar-refractivity contribution in [2.24, 2.45) is 0 Å². The molecule has 0 heterocycles. The summed E-state index contributed by atoms with van der Waals surface area (Å²) < 4.78 is 5.81. The Bertz CT molecular complexity index is 631. The maximum absolute atomic E-state index is 12.3.